The predicted octanol–water partition coefficient (Wildman–Crippen LogP) is 0.0560. The minimum Gasteiger partial charge on any atom is -0.388 e. The van der Waals surface area contributed by atoms with Crippen molar-refractivity contribution in [1.82, 2.24) is 20.3 Å². The van der Waals surface area contributed by atoms with E-state index < -0.39 is 17.2 Å². The average molecular weight is 414 g/mol. The van der Waals surface area contributed by atoms with Gasteiger partial charge in [0.15, 0.2) is 0 Å². The molecule has 0 bridgehead atoms. The molecule has 160 valence electrons. The number of pyridine rings is 1. The van der Waals surface area contributed by atoms with Crippen molar-refractivity contribution in [2.75, 3.05) is 30.3 Å². The number of anilines is 2. The highest BCUT2D eigenvalue weighted by Crippen LogP contribution is 2.40. The van der Waals surface area contributed by atoms with Crippen LogP contribution >= 0.6 is 0 Å². The summed E-state index contributed by atoms with van der Waals surface area (Å²) in [5.41, 5.74) is 4.17. The van der Waals surface area contributed by atoms with Crippen LogP contribution in [-0.2, 0) is 4.74 Å². The minimum absolute atomic E-state index is 0.0671. The van der Waals surface area contributed by atoms with E-state index in [1.54, 1.807) is 18.3 Å². The third-order valence-corrected chi connectivity index (χ3v) is 6.12. The Morgan fingerprint density at radius 3 is 2.83 bits per heavy atom. The third-order valence-electron chi connectivity index (χ3n) is 6.12. The number of rotatable bonds is 3. The van der Waals surface area contributed by atoms with Crippen molar-refractivity contribution >= 4 is 17.7 Å². The lowest BCUT2D eigenvalue weighted by molar-refractivity contribution is -0.195. The number of aromatic amines is 1. The summed E-state index contributed by atoms with van der Waals surface area (Å²) in [4.78, 5) is 36.9. The normalized spacial score (nSPS) is 25.8. The SMILES string of the molecule is C[C@@]1(NC(=O)c2cccnc2)CCOC2(CCN(c3cc(=O)[nH]c(N)n3)CC2)[C@H]1O. The van der Waals surface area contributed by atoms with E-state index >= 15 is 0 Å². The zero-order chi connectivity index (χ0) is 21.4. The molecule has 1 amide bonds. The lowest BCUT2D eigenvalue weighted by Crippen LogP contribution is -2.69. The van der Waals surface area contributed by atoms with Crippen LogP contribution < -0.4 is 21.5 Å². The molecule has 0 unspecified atom stereocenters. The largest absolute Gasteiger partial charge is 0.388 e. The average Bonchev–Trinajstić information content (AvgIpc) is 2.72. The predicted molar refractivity (Wildman–Crippen MR) is 110 cm³/mol. The fourth-order valence-electron chi connectivity index (χ4n) is 4.38. The Kier molecular flexibility index (Phi) is 5.20. The number of H-pyrrole nitrogens is 1. The summed E-state index contributed by atoms with van der Waals surface area (Å²) in [5.74, 6) is 0.295. The van der Waals surface area contributed by atoms with Gasteiger partial charge in [-0.2, -0.15) is 4.98 Å². The van der Waals surface area contributed by atoms with Crippen molar-refractivity contribution < 1.29 is 14.6 Å². The van der Waals surface area contributed by atoms with Crippen LogP contribution in [0.4, 0.5) is 11.8 Å². The number of hydrogen-bond acceptors (Lipinski definition) is 8. The number of nitrogen functional groups attached to an aromatic ring is 1. The number of nitrogens with one attached hydrogen (secondary N) is 2. The van der Waals surface area contributed by atoms with Crippen LogP contribution in [0.2, 0.25) is 0 Å². The van der Waals surface area contributed by atoms with E-state index in [1.165, 1.54) is 12.3 Å². The summed E-state index contributed by atoms with van der Waals surface area (Å²) in [6, 6.07) is 4.79. The van der Waals surface area contributed by atoms with E-state index in [2.05, 4.69) is 20.3 Å². The highest BCUT2D eigenvalue weighted by molar-refractivity contribution is 5.94. The number of aliphatic hydroxyl groups is 1. The van der Waals surface area contributed by atoms with Gasteiger partial charge in [-0.1, -0.05) is 0 Å². The summed E-state index contributed by atoms with van der Waals surface area (Å²) >= 11 is 0. The van der Waals surface area contributed by atoms with Crippen LogP contribution in [0.3, 0.4) is 0 Å². The second-order valence-electron chi connectivity index (χ2n) is 8.15. The minimum atomic E-state index is -0.890. The summed E-state index contributed by atoms with van der Waals surface area (Å²) in [6.45, 7) is 3.36. The lowest BCUT2D eigenvalue weighted by atomic mass is 9.73. The molecule has 5 N–H and O–H groups in total. The number of aromatic nitrogens is 3. The van der Waals surface area contributed by atoms with Gasteiger partial charge in [0.1, 0.15) is 11.9 Å². The number of carbonyl (C=O) groups excluding carboxylic acids is 1. The summed E-state index contributed by atoms with van der Waals surface area (Å²) < 4.78 is 6.08. The monoisotopic (exact) mass is 414 g/mol. The van der Waals surface area contributed by atoms with Crippen LogP contribution in [0.15, 0.2) is 35.4 Å². The molecule has 2 aliphatic heterocycles. The maximum Gasteiger partial charge on any atom is 0.254 e. The van der Waals surface area contributed by atoms with Crippen molar-refractivity contribution in [2.45, 2.75) is 43.4 Å². The molecule has 0 aliphatic carbocycles. The molecule has 4 rings (SSSR count). The summed E-state index contributed by atoms with van der Waals surface area (Å²) in [5, 5.41) is 14.3. The molecule has 2 atom stereocenters. The fourth-order valence-corrected chi connectivity index (χ4v) is 4.38. The Hall–Kier alpha value is -2.98. The number of carbonyl (C=O) groups is 1. The van der Waals surface area contributed by atoms with Gasteiger partial charge in [0, 0.05) is 38.2 Å². The first-order valence-electron chi connectivity index (χ1n) is 9.98. The zero-order valence-electron chi connectivity index (χ0n) is 16.8. The van der Waals surface area contributed by atoms with E-state index in [4.69, 9.17) is 10.5 Å². The Morgan fingerprint density at radius 2 is 2.17 bits per heavy atom. The molecule has 4 heterocycles. The van der Waals surface area contributed by atoms with Gasteiger partial charge in [-0.25, -0.2) is 0 Å². The van der Waals surface area contributed by atoms with Crippen LogP contribution in [0.1, 0.15) is 36.5 Å². The number of hydrogen-bond donors (Lipinski definition) is 4. The quantitative estimate of drug-likeness (QED) is 0.551. The standard InChI is InChI=1S/C20H26N6O4/c1-19(25-16(28)13-3-2-7-22-12-13)6-10-30-20(17(19)29)4-8-26(9-5-20)14-11-15(27)24-18(21)23-14/h2-3,7,11-12,17,29H,4-6,8-10H2,1H3,(H,25,28)(H3,21,23,24,27)/t17-,19+/m0/s1. The molecule has 30 heavy (non-hydrogen) atoms. The maximum absolute atomic E-state index is 12.7. The molecule has 0 radical (unpaired) electrons. The fraction of sp³-hybridized carbons (Fsp3) is 0.500. The summed E-state index contributed by atoms with van der Waals surface area (Å²) in [6.07, 6.45) is 3.77. The molecular weight excluding hydrogens is 388 g/mol. The molecule has 10 nitrogen and oxygen atoms in total. The number of aliphatic hydroxyl groups excluding tert-OH is 1. The first-order valence-corrected chi connectivity index (χ1v) is 9.98. The second-order valence-corrected chi connectivity index (χ2v) is 8.15. The first kappa shape index (κ1) is 20.3. The Bertz CT molecular complexity index is 973. The van der Waals surface area contributed by atoms with E-state index in [1.807, 2.05) is 11.8 Å². The van der Waals surface area contributed by atoms with E-state index in [-0.39, 0.29) is 17.4 Å². The van der Waals surface area contributed by atoms with E-state index in [9.17, 15) is 14.7 Å². The number of piperidine rings is 1. The molecule has 2 aliphatic rings. The highest BCUT2D eigenvalue weighted by Gasteiger charge is 2.54. The van der Waals surface area contributed by atoms with Crippen LogP contribution in [-0.4, -0.2) is 62.9 Å². The zero-order valence-corrected chi connectivity index (χ0v) is 16.8. The van der Waals surface area contributed by atoms with Gasteiger partial charge in [-0.05, 0) is 38.3 Å². The Morgan fingerprint density at radius 1 is 1.40 bits per heavy atom. The van der Waals surface area contributed by atoms with E-state index in [0.29, 0.717) is 50.3 Å². The number of amides is 1. The molecule has 2 aromatic heterocycles. The first-order chi connectivity index (χ1) is 14.3. The maximum atomic E-state index is 12.7. The van der Waals surface area contributed by atoms with Gasteiger partial charge in [0.2, 0.25) is 5.95 Å². The van der Waals surface area contributed by atoms with Gasteiger partial charge in [0.05, 0.1) is 16.7 Å². The van der Waals surface area contributed by atoms with Gasteiger partial charge in [-0.15, -0.1) is 0 Å². The molecule has 10 heteroatoms. The van der Waals surface area contributed by atoms with Crippen LogP contribution in [0.25, 0.3) is 0 Å². The van der Waals surface area contributed by atoms with Crippen LogP contribution in [0, 0.1) is 0 Å². The number of ether oxygens (including phenoxy) is 1. The number of nitrogens with zero attached hydrogens (tertiary/aromatic N) is 3. The molecule has 0 aromatic carbocycles. The second kappa shape index (κ2) is 7.69. The van der Waals surface area contributed by atoms with E-state index in [0.717, 1.165) is 0 Å². The van der Waals surface area contributed by atoms with Gasteiger partial charge in [-0.3, -0.25) is 19.6 Å². The van der Waals surface area contributed by atoms with Crippen molar-refractivity contribution in [3.8, 4) is 0 Å². The summed E-state index contributed by atoms with van der Waals surface area (Å²) in [7, 11) is 0. The van der Waals surface area contributed by atoms with Gasteiger partial charge in [0.25, 0.3) is 11.5 Å². The van der Waals surface area contributed by atoms with Crippen molar-refractivity contribution in [1.29, 1.82) is 0 Å². The number of nitrogens with two attached hydrogens (primary N) is 1. The molecule has 2 saturated heterocycles. The molecular formula is C20H26N6O4. The van der Waals surface area contributed by atoms with Crippen molar-refractivity contribution in [2.24, 2.45) is 0 Å². The highest BCUT2D eigenvalue weighted by atomic mass is 16.5. The van der Waals surface area contributed by atoms with Gasteiger partial charge >= 0.3 is 0 Å². The molecule has 1 spiro atoms. The van der Waals surface area contributed by atoms with Crippen LogP contribution in [0.5, 0.6) is 0 Å². The smallest absolute Gasteiger partial charge is 0.254 e. The lowest BCUT2D eigenvalue weighted by Gasteiger charge is -2.53. The molecule has 2 fully saturated rings. The molecule has 2 aromatic rings. The van der Waals surface area contributed by atoms with Gasteiger partial charge < -0.3 is 25.8 Å². The molecule has 0 saturated carbocycles. The van der Waals surface area contributed by atoms with Crippen molar-refractivity contribution in [3.63, 3.8) is 0 Å². The Balaban J connectivity index is 1.48. The third kappa shape index (κ3) is 3.75. The van der Waals surface area contributed by atoms with Crippen molar-refractivity contribution in [3.05, 3.63) is 46.5 Å². The Labute approximate surface area is 173 Å². The topological polar surface area (TPSA) is 146 Å².